The zero-order chi connectivity index (χ0) is 47.2. The van der Waals surface area contributed by atoms with Crippen molar-refractivity contribution < 1.29 is 123 Å². The molecule has 0 N–H and O–H groups in total. The van der Waals surface area contributed by atoms with Gasteiger partial charge in [0.15, 0.2) is 0 Å². The maximum absolute atomic E-state index is 14.5. The largest absolute Gasteiger partial charge is 0.453 e. The normalized spacial score (nSPS) is 15.7. The van der Waals surface area contributed by atoms with Crippen LogP contribution in [0.2, 0.25) is 12.1 Å². The molecule has 59 heavy (non-hydrogen) atoms. The zero-order valence-corrected chi connectivity index (χ0v) is 31.5. The van der Waals surface area contributed by atoms with Gasteiger partial charge in [-0.05, 0) is 38.8 Å². The van der Waals surface area contributed by atoms with Crippen molar-refractivity contribution in [3.8, 4) is 0 Å². The molecule has 0 aromatic carbocycles. The lowest BCUT2D eigenvalue weighted by atomic mass is 9.95. The molecule has 0 fully saturated rings. The number of hydrogen-bond acceptors (Lipinski definition) is 2. The standard InChI is InChI=1S/C30H38F26O2Si/c1-3-57-59(58-4-2,9-5-7-19(31,32)11-21(35,36)13-23(39,40)15-25(43,44)17-27(47,48)29(51,52)53)10-6-8-20(33,34)12-22(37,38)14-24(41,42)16-26(45,46)18-28(49,50)30(54,55)56/h3-18H2,1-2H3. The van der Waals surface area contributed by atoms with Gasteiger partial charge in [-0.1, -0.05) is 0 Å². The van der Waals surface area contributed by atoms with E-state index in [0.717, 1.165) is 0 Å². The SMILES string of the molecule is CCO[Si](CCCC(F)(F)CC(F)(F)CC(F)(F)CC(F)(F)CC(F)(F)C(F)(F)F)(CCCC(F)(F)CC(F)(F)CC(F)(F)CC(F)(F)CC(F)(F)C(F)(F)F)OCC. The summed E-state index contributed by atoms with van der Waals surface area (Å²) in [6.07, 6.45) is -44.2. The van der Waals surface area contributed by atoms with E-state index in [1.54, 1.807) is 0 Å². The van der Waals surface area contributed by atoms with Crippen molar-refractivity contribution in [3.63, 3.8) is 0 Å². The van der Waals surface area contributed by atoms with E-state index in [9.17, 15) is 114 Å². The lowest BCUT2D eigenvalue weighted by Gasteiger charge is -2.32. The summed E-state index contributed by atoms with van der Waals surface area (Å²) in [5.41, 5.74) is 0. The average molecular weight is 953 g/mol. The second-order valence-corrected chi connectivity index (χ2v) is 17.5. The highest BCUT2D eigenvalue weighted by atomic mass is 28.4. The first-order valence-electron chi connectivity index (χ1n) is 16.9. The molecule has 29 heteroatoms. The van der Waals surface area contributed by atoms with E-state index in [-0.39, 0.29) is 13.2 Å². The van der Waals surface area contributed by atoms with Gasteiger partial charge in [0.1, 0.15) is 0 Å². The Kier molecular flexibility index (Phi) is 18.8. The maximum Gasteiger partial charge on any atom is 0.453 e. The summed E-state index contributed by atoms with van der Waals surface area (Å²) in [6, 6.07) is -1.41. The van der Waals surface area contributed by atoms with Crippen LogP contribution in [-0.4, -0.2) is 93.4 Å². The fourth-order valence-electron chi connectivity index (χ4n) is 5.89. The molecule has 0 rings (SSSR count). The van der Waals surface area contributed by atoms with Crippen LogP contribution in [0.5, 0.6) is 0 Å². The van der Waals surface area contributed by atoms with Gasteiger partial charge in [0.25, 0.3) is 47.4 Å². The Morgan fingerprint density at radius 3 is 0.712 bits per heavy atom. The van der Waals surface area contributed by atoms with Crippen LogP contribution in [0.3, 0.4) is 0 Å². The molecule has 0 aliphatic heterocycles. The minimum Gasteiger partial charge on any atom is -0.394 e. The summed E-state index contributed by atoms with van der Waals surface area (Å²) in [7, 11) is -4.04. The van der Waals surface area contributed by atoms with Crippen LogP contribution < -0.4 is 0 Å². The number of halogens is 26. The fraction of sp³-hybridized carbons (Fsp3) is 1.00. The number of alkyl halides is 26. The second-order valence-electron chi connectivity index (χ2n) is 14.2. The monoisotopic (exact) mass is 952 g/mol. The molecular formula is C30H38F26O2Si. The Bertz CT molecular complexity index is 1180. The van der Waals surface area contributed by atoms with E-state index >= 15 is 0 Å². The summed E-state index contributed by atoms with van der Waals surface area (Å²) >= 11 is 0. The minimum atomic E-state index is -6.65. The molecule has 0 aromatic heterocycles. The molecule has 0 bridgehead atoms. The molecule has 2 nitrogen and oxygen atoms in total. The van der Waals surface area contributed by atoms with Crippen molar-refractivity contribution in [2.24, 2.45) is 0 Å². The Balaban J connectivity index is 5.60. The molecule has 0 aliphatic rings. The molecule has 0 spiro atoms. The second kappa shape index (κ2) is 19.4. The van der Waals surface area contributed by atoms with Crippen LogP contribution in [0.25, 0.3) is 0 Å². The highest BCUT2D eigenvalue weighted by Crippen LogP contribution is 2.51. The Hall–Kier alpha value is -1.68. The van der Waals surface area contributed by atoms with Crippen molar-refractivity contribution in [2.45, 2.75) is 175 Å². The van der Waals surface area contributed by atoms with Crippen molar-refractivity contribution >= 4 is 8.56 Å². The first-order chi connectivity index (χ1) is 25.7. The third-order valence-corrected chi connectivity index (χ3v) is 11.8. The minimum absolute atomic E-state index is 0.363. The van der Waals surface area contributed by atoms with Gasteiger partial charge in [0, 0.05) is 26.1 Å². The van der Waals surface area contributed by atoms with Crippen LogP contribution in [0.1, 0.15) is 90.9 Å². The smallest absolute Gasteiger partial charge is 0.394 e. The zero-order valence-electron chi connectivity index (χ0n) is 30.5. The molecule has 0 heterocycles. The van der Waals surface area contributed by atoms with E-state index in [0.29, 0.717) is 0 Å². The Morgan fingerprint density at radius 1 is 0.305 bits per heavy atom. The third-order valence-electron chi connectivity index (χ3n) is 7.91. The predicted octanol–water partition coefficient (Wildman–Crippen LogP) is 14.7. The summed E-state index contributed by atoms with van der Waals surface area (Å²) in [5, 5.41) is 0. The molecule has 0 amide bonds. The summed E-state index contributed by atoms with van der Waals surface area (Å²) < 4.78 is 361. The van der Waals surface area contributed by atoms with Gasteiger partial charge >= 0.3 is 32.8 Å². The van der Waals surface area contributed by atoms with Crippen LogP contribution in [-0.2, 0) is 8.85 Å². The summed E-state index contributed by atoms with van der Waals surface area (Å²) in [4.78, 5) is 0. The lowest BCUT2D eigenvalue weighted by molar-refractivity contribution is -0.304. The van der Waals surface area contributed by atoms with E-state index in [1.165, 1.54) is 13.8 Å². The van der Waals surface area contributed by atoms with Crippen LogP contribution in [0.15, 0.2) is 0 Å². The first-order valence-corrected chi connectivity index (χ1v) is 19.1. The van der Waals surface area contributed by atoms with Crippen molar-refractivity contribution in [2.75, 3.05) is 13.2 Å². The molecule has 0 radical (unpaired) electrons. The quantitative estimate of drug-likeness (QED) is 0.0575. The number of hydrogen-bond donors (Lipinski definition) is 0. The van der Waals surface area contributed by atoms with Gasteiger partial charge in [-0.15, -0.1) is 0 Å². The van der Waals surface area contributed by atoms with Gasteiger partial charge < -0.3 is 8.85 Å². The molecule has 0 saturated heterocycles. The molecule has 0 aliphatic carbocycles. The highest BCUT2D eigenvalue weighted by Gasteiger charge is 2.65. The third kappa shape index (κ3) is 21.3. The van der Waals surface area contributed by atoms with Gasteiger partial charge in [-0.3, -0.25) is 0 Å². The summed E-state index contributed by atoms with van der Waals surface area (Å²) in [6.45, 7) is 1.76. The predicted molar refractivity (Wildman–Crippen MR) is 156 cm³/mol. The molecule has 356 valence electrons. The van der Waals surface area contributed by atoms with Crippen LogP contribution in [0, 0.1) is 0 Å². The van der Waals surface area contributed by atoms with E-state index in [2.05, 4.69) is 0 Å². The van der Waals surface area contributed by atoms with Gasteiger partial charge in [0.2, 0.25) is 0 Å². The van der Waals surface area contributed by atoms with E-state index < -0.39 is 169 Å². The van der Waals surface area contributed by atoms with Gasteiger partial charge in [0.05, 0.1) is 51.4 Å². The van der Waals surface area contributed by atoms with Crippen LogP contribution >= 0.6 is 0 Å². The average Bonchev–Trinajstić information content (AvgIpc) is 2.86. The van der Waals surface area contributed by atoms with Crippen LogP contribution in [0.4, 0.5) is 114 Å². The van der Waals surface area contributed by atoms with E-state index in [1.807, 2.05) is 0 Å². The van der Waals surface area contributed by atoms with Gasteiger partial charge in [-0.25, -0.2) is 70.2 Å². The maximum atomic E-state index is 14.5. The fourth-order valence-corrected chi connectivity index (χ4v) is 9.28. The topological polar surface area (TPSA) is 18.5 Å². The molecule has 0 atom stereocenters. The lowest BCUT2D eigenvalue weighted by Crippen LogP contribution is -2.45. The molecule has 0 unspecified atom stereocenters. The molecule has 0 saturated carbocycles. The molecular weight excluding hydrogens is 914 g/mol. The summed E-state index contributed by atoms with van der Waals surface area (Å²) in [5.74, 6) is -54.5. The Morgan fingerprint density at radius 2 is 0.508 bits per heavy atom. The van der Waals surface area contributed by atoms with Crippen molar-refractivity contribution in [1.82, 2.24) is 0 Å². The van der Waals surface area contributed by atoms with Crippen molar-refractivity contribution in [1.29, 1.82) is 0 Å². The van der Waals surface area contributed by atoms with Crippen molar-refractivity contribution in [3.05, 3.63) is 0 Å². The highest BCUT2D eigenvalue weighted by molar-refractivity contribution is 6.67. The Labute approximate surface area is 319 Å². The van der Waals surface area contributed by atoms with Gasteiger partial charge in [-0.2, -0.15) is 43.9 Å². The molecule has 0 aromatic rings. The van der Waals surface area contributed by atoms with E-state index in [4.69, 9.17) is 8.85 Å². The number of rotatable bonds is 28. The first kappa shape index (κ1) is 57.3.